The lowest BCUT2D eigenvalue weighted by atomic mass is 9.85. The molecule has 0 spiro atoms. The van der Waals surface area contributed by atoms with Gasteiger partial charge < -0.3 is 35.4 Å². The van der Waals surface area contributed by atoms with Crippen molar-refractivity contribution in [3.8, 4) is 21.2 Å². The Bertz CT molecular complexity index is 2870. The number of β-amino-alcohol motifs (C(OH)–C–C–N with tert-alkyl or cyclic N) is 1. The van der Waals surface area contributed by atoms with Gasteiger partial charge in [0.15, 0.2) is 5.82 Å². The molecule has 1 saturated heterocycles. The maximum absolute atomic E-state index is 14.1. The summed E-state index contributed by atoms with van der Waals surface area (Å²) in [6, 6.07) is 22.4. The van der Waals surface area contributed by atoms with E-state index in [0.717, 1.165) is 54.0 Å². The highest BCUT2D eigenvalue weighted by atomic mass is 32.1. The molecule has 4 atom stereocenters. The smallest absolute Gasteiger partial charge is 0.246 e. The van der Waals surface area contributed by atoms with Crippen LogP contribution in [0.25, 0.3) is 15.4 Å². The number of anilines is 1. The Hall–Kier alpha value is -6.60. The van der Waals surface area contributed by atoms with Crippen molar-refractivity contribution >= 4 is 57.7 Å². The van der Waals surface area contributed by atoms with Gasteiger partial charge in [-0.1, -0.05) is 63.2 Å². The van der Waals surface area contributed by atoms with Crippen LogP contribution in [-0.4, -0.2) is 104 Å². The summed E-state index contributed by atoms with van der Waals surface area (Å²) in [6.07, 6.45) is -0.229. The zero-order valence-electron chi connectivity index (χ0n) is 40.4. The number of nitrogens with one attached hydrogen (secondary N) is 3. The number of amides is 4. The number of carbonyl (C=O) groups is 4. The van der Waals surface area contributed by atoms with E-state index in [2.05, 4.69) is 45.0 Å². The molecule has 0 radical (unpaired) electrons. The highest BCUT2D eigenvalue weighted by Gasteiger charge is 2.44. The molecule has 16 nitrogen and oxygen atoms in total. The Morgan fingerprint density at radius 2 is 1.63 bits per heavy atom. The summed E-state index contributed by atoms with van der Waals surface area (Å²) >= 11 is 3.22. The summed E-state index contributed by atoms with van der Waals surface area (Å²) in [5.74, 6) is 0.484. The van der Waals surface area contributed by atoms with Crippen LogP contribution in [0.1, 0.15) is 90.5 Å². The van der Waals surface area contributed by atoms with Gasteiger partial charge in [0.2, 0.25) is 23.6 Å². The highest BCUT2D eigenvalue weighted by molar-refractivity contribution is 7.15. The molecule has 366 valence electrons. The van der Waals surface area contributed by atoms with Crippen LogP contribution in [0.2, 0.25) is 0 Å². The molecular weight excluding hydrogens is 927 g/mol. The van der Waals surface area contributed by atoms with Gasteiger partial charge in [0.05, 0.1) is 47.5 Å². The molecule has 0 bridgehead atoms. The van der Waals surface area contributed by atoms with Crippen molar-refractivity contribution in [3.63, 3.8) is 0 Å². The van der Waals surface area contributed by atoms with Crippen LogP contribution in [-0.2, 0) is 30.5 Å². The number of aromatic nitrogens is 4. The van der Waals surface area contributed by atoms with E-state index in [-0.39, 0.29) is 51.0 Å². The Morgan fingerprint density at radius 3 is 2.33 bits per heavy atom. The monoisotopic (exact) mass is 985 g/mol. The van der Waals surface area contributed by atoms with Crippen LogP contribution in [0.3, 0.4) is 0 Å². The van der Waals surface area contributed by atoms with E-state index in [1.165, 1.54) is 4.90 Å². The number of aliphatic hydroxyl groups excluding tert-OH is 1. The number of aryl methyl sites for hydroxylation is 3. The lowest BCUT2D eigenvalue weighted by Crippen LogP contribution is -2.58. The molecule has 8 rings (SSSR count). The molecular formula is C52H59N9O7S2. The van der Waals surface area contributed by atoms with Crippen molar-refractivity contribution in [1.82, 2.24) is 35.3 Å². The van der Waals surface area contributed by atoms with Crippen molar-refractivity contribution in [3.05, 3.63) is 129 Å². The van der Waals surface area contributed by atoms with Gasteiger partial charge in [0, 0.05) is 47.6 Å². The quantitative estimate of drug-likeness (QED) is 0.0677. The maximum atomic E-state index is 14.1. The van der Waals surface area contributed by atoms with Crippen LogP contribution in [0.5, 0.6) is 5.75 Å². The maximum Gasteiger partial charge on any atom is 0.246 e. The number of benzene rings is 3. The number of nitrogens with zero attached hydrogens (tertiary/aromatic N) is 6. The second-order valence-corrected chi connectivity index (χ2v) is 20.8. The summed E-state index contributed by atoms with van der Waals surface area (Å²) < 4.78 is 13.8. The number of aliphatic hydroxyl groups is 1. The molecule has 18 heteroatoms. The van der Waals surface area contributed by atoms with Gasteiger partial charge in [0.25, 0.3) is 0 Å². The minimum absolute atomic E-state index is 0.0222. The summed E-state index contributed by atoms with van der Waals surface area (Å²) in [5.41, 5.74) is 8.40. The fraction of sp³-hybridized carbons (Fsp3) is 0.385. The molecule has 4 amide bonds. The predicted molar refractivity (Wildman–Crippen MR) is 271 cm³/mol. The van der Waals surface area contributed by atoms with Crippen LogP contribution < -0.4 is 20.7 Å². The molecule has 3 aromatic heterocycles. The third kappa shape index (κ3) is 11.4. The van der Waals surface area contributed by atoms with E-state index in [1.54, 1.807) is 22.7 Å². The summed E-state index contributed by atoms with van der Waals surface area (Å²) in [4.78, 5) is 67.3. The second kappa shape index (κ2) is 21.6. The topological polar surface area (TPSA) is 202 Å². The van der Waals surface area contributed by atoms with Gasteiger partial charge in [-0.05, 0) is 86.2 Å². The number of para-hydroxylation sites is 1. The minimum Gasteiger partial charge on any atom is -0.494 e. The average Bonchev–Trinajstić information content (AvgIpc) is 4.10. The van der Waals surface area contributed by atoms with Gasteiger partial charge >= 0.3 is 0 Å². The number of aliphatic imine (C=N–C) groups is 1. The Kier molecular flexibility index (Phi) is 15.4. The van der Waals surface area contributed by atoms with Crippen molar-refractivity contribution in [2.75, 3.05) is 31.7 Å². The molecule has 6 aromatic rings. The molecule has 70 heavy (non-hydrogen) atoms. The zero-order valence-corrected chi connectivity index (χ0v) is 42.1. The molecule has 2 aliphatic heterocycles. The van der Waals surface area contributed by atoms with Gasteiger partial charge in [-0.3, -0.25) is 28.7 Å². The molecule has 0 unspecified atom stereocenters. The number of rotatable bonds is 17. The first kappa shape index (κ1) is 49.8. The number of ether oxygens (including phenoxy) is 2. The van der Waals surface area contributed by atoms with E-state index < -0.39 is 41.5 Å². The average molecular weight is 986 g/mol. The van der Waals surface area contributed by atoms with Gasteiger partial charge in [-0.2, -0.15) is 0 Å². The first-order chi connectivity index (χ1) is 33.5. The van der Waals surface area contributed by atoms with Crippen molar-refractivity contribution in [1.29, 1.82) is 0 Å². The zero-order chi connectivity index (χ0) is 49.7. The van der Waals surface area contributed by atoms with Crippen LogP contribution in [0, 0.1) is 33.1 Å². The molecule has 0 aliphatic carbocycles. The standard InChI is InChI=1S/C52H59N9O7S2/c1-30-32(3)70-51-44(30)45(56-40(48-59-58-33(4)61(48)51)25-42(63)55-37-12-9-8-10-13-37)35-18-20-39(21-19-35)68-23-11-22-67-28-43(64)57-47(52(5,6)7)50(66)60-27-38(62)24-41(60)49(65)53-26-34-14-16-36(17-15-34)46-31(2)54-29-69-46/h8-10,12-21,29,38,40-41,47,62H,11,22-28H2,1-7H3,(H,53,65)(H,55,63)(H,57,64)/t38-,40+,41+,47-/m1/s1. The number of fused-ring (bicyclic) bond motifs is 3. The van der Waals surface area contributed by atoms with E-state index in [1.807, 2.05) is 124 Å². The molecule has 5 heterocycles. The normalized spacial score (nSPS) is 16.9. The molecule has 1 fully saturated rings. The lowest BCUT2D eigenvalue weighted by molar-refractivity contribution is -0.144. The Morgan fingerprint density at radius 1 is 0.900 bits per heavy atom. The van der Waals surface area contributed by atoms with E-state index in [9.17, 15) is 24.3 Å². The van der Waals surface area contributed by atoms with E-state index in [4.69, 9.17) is 14.5 Å². The van der Waals surface area contributed by atoms with E-state index in [0.29, 0.717) is 36.1 Å². The number of carbonyl (C=O) groups excluding carboxylic acids is 4. The largest absolute Gasteiger partial charge is 0.494 e. The third-order valence-electron chi connectivity index (χ3n) is 12.4. The number of likely N-dealkylation sites (tertiary alicyclic amines) is 1. The first-order valence-electron chi connectivity index (χ1n) is 23.4. The Labute approximate surface area is 415 Å². The van der Waals surface area contributed by atoms with Gasteiger partial charge in [0.1, 0.15) is 41.3 Å². The Balaban J connectivity index is 0.830. The number of hydrogen-bond donors (Lipinski definition) is 4. The third-order valence-corrected chi connectivity index (χ3v) is 14.6. The van der Waals surface area contributed by atoms with Crippen molar-refractivity contribution in [2.45, 2.75) is 98.5 Å². The van der Waals surface area contributed by atoms with Crippen molar-refractivity contribution < 1.29 is 33.8 Å². The molecule has 3 aromatic carbocycles. The fourth-order valence-electron chi connectivity index (χ4n) is 8.64. The predicted octanol–water partition coefficient (Wildman–Crippen LogP) is 7.20. The SMILES string of the molecule is Cc1ncsc1-c1ccc(CNC(=O)[C@@H]2C[C@@H](O)CN2C(=O)[C@@H](NC(=O)COCCCOc2ccc(C3=N[C@@H](CC(=O)Nc4ccccc4)c4nnc(C)n4-c4sc(C)c(C)c43)cc2)C(C)(C)C)cc1. The minimum atomic E-state index is -0.977. The number of thiophene rings is 1. The van der Waals surface area contributed by atoms with E-state index >= 15 is 0 Å². The number of thiazole rings is 1. The summed E-state index contributed by atoms with van der Waals surface area (Å²) in [7, 11) is 0. The van der Waals surface area contributed by atoms with Gasteiger partial charge in [-0.15, -0.1) is 32.9 Å². The lowest BCUT2D eigenvalue weighted by Gasteiger charge is -2.35. The first-order valence-corrected chi connectivity index (χ1v) is 25.1. The van der Waals surface area contributed by atoms with Crippen molar-refractivity contribution in [2.24, 2.45) is 10.4 Å². The van der Waals surface area contributed by atoms with Gasteiger partial charge in [-0.25, -0.2) is 4.98 Å². The fourth-order valence-corrected chi connectivity index (χ4v) is 10.7. The van der Waals surface area contributed by atoms with Crippen LogP contribution in [0.4, 0.5) is 5.69 Å². The summed E-state index contributed by atoms with van der Waals surface area (Å²) in [6.45, 7) is 14.1. The van der Waals surface area contributed by atoms with Crippen LogP contribution in [0.15, 0.2) is 89.4 Å². The summed E-state index contributed by atoms with van der Waals surface area (Å²) in [5, 5.41) is 29.3. The molecule has 4 N–H and O–H groups in total. The van der Waals surface area contributed by atoms with Crippen LogP contribution >= 0.6 is 22.7 Å². The second-order valence-electron chi connectivity index (χ2n) is 18.7. The highest BCUT2D eigenvalue weighted by Crippen LogP contribution is 2.40. The molecule has 0 saturated carbocycles. The number of hydrogen-bond acceptors (Lipinski definition) is 13. The molecule has 2 aliphatic rings.